The molecule has 0 spiro atoms. The number of piperazine rings is 1. The van der Waals surface area contributed by atoms with E-state index in [2.05, 4.69) is 60.1 Å². The van der Waals surface area contributed by atoms with Crippen LogP contribution in [0.15, 0.2) is 109 Å². The fourth-order valence-electron chi connectivity index (χ4n) is 5.83. The lowest BCUT2D eigenvalue weighted by Crippen LogP contribution is -2.47. The summed E-state index contributed by atoms with van der Waals surface area (Å²) in [6, 6.07) is 31.6. The second-order valence-corrected chi connectivity index (χ2v) is 14.0. The summed E-state index contributed by atoms with van der Waals surface area (Å²) in [4.78, 5) is 21.7. The molecule has 6 rings (SSSR count). The standard InChI is InChI=1S/C43H43Cl2N3O4.BrH/c1-30(2)34-12-15-37(16-13-34)50-28-33-10-8-32(9-11-33)27-47-20-22-48(23-21-47)43(49)19-14-35-24-31(3)41(25-40(35)45)52-42-18-17-38(26-46-42)51-29-36-6-4-5-7-39(36)44;/h4-19,24-26,30H,20-23,27-29H2,1-3H3;1H. The Labute approximate surface area is 332 Å². The van der Waals surface area contributed by atoms with Gasteiger partial charge in [0, 0.05) is 61.5 Å². The zero-order valence-corrected chi connectivity index (χ0v) is 33.4. The Morgan fingerprint density at radius 3 is 2.17 bits per heavy atom. The molecule has 53 heavy (non-hydrogen) atoms. The molecular weight excluding hydrogens is 773 g/mol. The minimum atomic E-state index is -0.0297. The van der Waals surface area contributed by atoms with Crippen molar-refractivity contribution >= 4 is 52.2 Å². The summed E-state index contributed by atoms with van der Waals surface area (Å²) < 4.78 is 17.8. The Morgan fingerprint density at radius 1 is 0.811 bits per heavy atom. The number of amides is 1. The second-order valence-electron chi connectivity index (χ2n) is 13.2. The Morgan fingerprint density at radius 2 is 1.49 bits per heavy atom. The van der Waals surface area contributed by atoms with Crippen LogP contribution in [0.3, 0.4) is 0 Å². The van der Waals surface area contributed by atoms with Gasteiger partial charge < -0.3 is 19.1 Å². The number of rotatable bonds is 13. The van der Waals surface area contributed by atoms with Crippen molar-refractivity contribution in [2.24, 2.45) is 0 Å². The Kier molecular flexibility index (Phi) is 14.4. The van der Waals surface area contributed by atoms with E-state index in [9.17, 15) is 4.79 Å². The van der Waals surface area contributed by atoms with Gasteiger partial charge in [-0.1, -0.05) is 91.6 Å². The average molecular weight is 818 g/mol. The van der Waals surface area contributed by atoms with Gasteiger partial charge in [0.1, 0.15) is 30.5 Å². The molecule has 0 bridgehead atoms. The van der Waals surface area contributed by atoms with E-state index in [0.29, 0.717) is 59.6 Å². The van der Waals surface area contributed by atoms with E-state index < -0.39 is 0 Å². The maximum atomic E-state index is 13.1. The van der Waals surface area contributed by atoms with Crippen LogP contribution in [0.5, 0.6) is 23.1 Å². The van der Waals surface area contributed by atoms with E-state index in [-0.39, 0.29) is 22.9 Å². The molecule has 0 N–H and O–H groups in total. The Balaban J connectivity index is 0.00000541. The van der Waals surface area contributed by atoms with Gasteiger partial charge in [-0.15, -0.1) is 17.0 Å². The van der Waals surface area contributed by atoms with E-state index in [0.717, 1.165) is 47.6 Å². The number of hydrogen-bond donors (Lipinski definition) is 0. The molecule has 1 saturated heterocycles. The molecule has 1 amide bonds. The smallest absolute Gasteiger partial charge is 0.246 e. The lowest BCUT2D eigenvalue weighted by atomic mass is 10.0. The number of hydrogen-bond acceptors (Lipinski definition) is 6. The van der Waals surface area contributed by atoms with Crippen LogP contribution in [0.4, 0.5) is 0 Å². The average Bonchev–Trinajstić information content (AvgIpc) is 3.16. The number of aromatic nitrogens is 1. The van der Waals surface area contributed by atoms with Gasteiger partial charge in [0.15, 0.2) is 0 Å². The maximum absolute atomic E-state index is 13.1. The molecule has 1 aliphatic heterocycles. The third-order valence-electron chi connectivity index (χ3n) is 9.04. The summed E-state index contributed by atoms with van der Waals surface area (Å²) in [7, 11) is 0. The van der Waals surface area contributed by atoms with Gasteiger partial charge in [-0.25, -0.2) is 4.98 Å². The van der Waals surface area contributed by atoms with Gasteiger partial charge in [0.25, 0.3) is 0 Å². The first-order valence-electron chi connectivity index (χ1n) is 17.5. The first kappa shape index (κ1) is 39.9. The summed E-state index contributed by atoms with van der Waals surface area (Å²) in [6.07, 6.45) is 4.97. The first-order valence-corrected chi connectivity index (χ1v) is 18.3. The molecule has 10 heteroatoms. The van der Waals surface area contributed by atoms with Crippen molar-refractivity contribution in [3.63, 3.8) is 0 Å². The number of carbonyl (C=O) groups is 1. The molecule has 5 aromatic rings. The van der Waals surface area contributed by atoms with Crippen molar-refractivity contribution < 1.29 is 19.0 Å². The van der Waals surface area contributed by atoms with Gasteiger partial charge >= 0.3 is 0 Å². The molecule has 0 atom stereocenters. The molecular formula is C43H44BrCl2N3O4. The van der Waals surface area contributed by atoms with Crippen LogP contribution in [-0.4, -0.2) is 46.9 Å². The van der Waals surface area contributed by atoms with E-state index in [1.807, 2.05) is 54.3 Å². The molecule has 7 nitrogen and oxygen atoms in total. The van der Waals surface area contributed by atoms with Crippen LogP contribution >= 0.6 is 40.2 Å². The summed E-state index contributed by atoms with van der Waals surface area (Å²) in [5.74, 6) is 2.95. The second kappa shape index (κ2) is 19.1. The molecule has 1 aromatic heterocycles. The Bertz CT molecular complexity index is 1980. The van der Waals surface area contributed by atoms with E-state index >= 15 is 0 Å². The molecule has 0 saturated carbocycles. The number of benzene rings is 4. The molecule has 0 unspecified atom stereocenters. The van der Waals surface area contributed by atoms with Gasteiger partial charge in [-0.05, 0) is 77.1 Å². The topological polar surface area (TPSA) is 64.1 Å². The number of aryl methyl sites for hydroxylation is 1. The van der Waals surface area contributed by atoms with Crippen molar-refractivity contribution in [2.45, 2.75) is 46.4 Å². The van der Waals surface area contributed by atoms with Gasteiger partial charge in [0.05, 0.1) is 11.2 Å². The molecule has 0 aliphatic carbocycles. The summed E-state index contributed by atoms with van der Waals surface area (Å²) in [5, 5.41) is 1.14. The number of ether oxygens (including phenoxy) is 3. The minimum Gasteiger partial charge on any atom is -0.489 e. The van der Waals surface area contributed by atoms with Crippen molar-refractivity contribution in [1.82, 2.24) is 14.8 Å². The van der Waals surface area contributed by atoms with Crippen molar-refractivity contribution in [3.05, 3.63) is 153 Å². The van der Waals surface area contributed by atoms with E-state index in [1.54, 1.807) is 36.5 Å². The molecule has 4 aromatic carbocycles. The highest BCUT2D eigenvalue weighted by Crippen LogP contribution is 2.31. The number of halogens is 3. The van der Waals surface area contributed by atoms with Crippen LogP contribution in [-0.2, 0) is 24.6 Å². The van der Waals surface area contributed by atoms with Crippen LogP contribution < -0.4 is 14.2 Å². The van der Waals surface area contributed by atoms with Crippen molar-refractivity contribution in [1.29, 1.82) is 0 Å². The zero-order valence-electron chi connectivity index (χ0n) is 30.1. The quantitative estimate of drug-likeness (QED) is 0.110. The van der Waals surface area contributed by atoms with Crippen LogP contribution in [0.25, 0.3) is 6.08 Å². The minimum absolute atomic E-state index is 0. The predicted octanol–water partition coefficient (Wildman–Crippen LogP) is 10.7. The van der Waals surface area contributed by atoms with Gasteiger partial charge in [-0.3, -0.25) is 9.69 Å². The van der Waals surface area contributed by atoms with Gasteiger partial charge in [-0.2, -0.15) is 0 Å². The summed E-state index contributed by atoms with van der Waals surface area (Å²) in [6.45, 7) is 11.0. The third kappa shape index (κ3) is 11.3. The molecule has 2 heterocycles. The largest absolute Gasteiger partial charge is 0.489 e. The van der Waals surface area contributed by atoms with E-state index in [4.69, 9.17) is 37.4 Å². The fourth-order valence-corrected chi connectivity index (χ4v) is 6.24. The SMILES string of the molecule is Br.Cc1cc(C=CC(=O)N2CCN(Cc3ccc(COc4ccc(C(C)C)cc4)cc3)CC2)c(Cl)cc1Oc1ccc(OCc2ccccc2Cl)cn1. The lowest BCUT2D eigenvalue weighted by Gasteiger charge is -2.34. The van der Waals surface area contributed by atoms with Crippen LogP contribution in [0.1, 0.15) is 53.1 Å². The molecule has 0 radical (unpaired) electrons. The number of pyridine rings is 1. The summed E-state index contributed by atoms with van der Waals surface area (Å²) in [5.41, 5.74) is 6.19. The van der Waals surface area contributed by atoms with Crippen molar-refractivity contribution in [3.8, 4) is 23.1 Å². The highest BCUT2D eigenvalue weighted by molar-refractivity contribution is 8.93. The van der Waals surface area contributed by atoms with Crippen LogP contribution in [0.2, 0.25) is 10.0 Å². The predicted molar refractivity (Wildman–Crippen MR) is 219 cm³/mol. The third-order valence-corrected chi connectivity index (χ3v) is 9.74. The lowest BCUT2D eigenvalue weighted by molar-refractivity contribution is -0.127. The van der Waals surface area contributed by atoms with E-state index in [1.165, 1.54) is 11.1 Å². The molecule has 1 fully saturated rings. The normalized spacial score (nSPS) is 13.2. The zero-order chi connectivity index (χ0) is 36.5. The monoisotopic (exact) mass is 815 g/mol. The van der Waals surface area contributed by atoms with Crippen molar-refractivity contribution in [2.75, 3.05) is 26.2 Å². The first-order chi connectivity index (χ1) is 25.2. The molecule has 276 valence electrons. The molecule has 1 aliphatic rings. The Hall–Kier alpha value is -4.34. The number of nitrogens with zero attached hydrogens (tertiary/aromatic N) is 3. The highest BCUT2D eigenvalue weighted by Gasteiger charge is 2.20. The number of carbonyl (C=O) groups excluding carboxylic acids is 1. The fraction of sp³-hybridized carbons (Fsp3) is 0.256. The van der Waals surface area contributed by atoms with Crippen LogP contribution in [0, 0.1) is 6.92 Å². The highest BCUT2D eigenvalue weighted by atomic mass is 79.9. The van der Waals surface area contributed by atoms with Gasteiger partial charge in [0.2, 0.25) is 11.8 Å². The maximum Gasteiger partial charge on any atom is 0.246 e. The summed E-state index contributed by atoms with van der Waals surface area (Å²) >= 11 is 12.8.